The first kappa shape index (κ1) is 13.1. The number of hydrogen-bond acceptors (Lipinski definition) is 3. The van der Waals surface area contributed by atoms with Gasteiger partial charge in [0.1, 0.15) is 12.4 Å². The Morgan fingerprint density at radius 3 is 3.00 bits per heavy atom. The van der Waals surface area contributed by atoms with Gasteiger partial charge in [-0.1, -0.05) is 18.2 Å². The summed E-state index contributed by atoms with van der Waals surface area (Å²) < 4.78 is 10.9. The van der Waals surface area contributed by atoms with E-state index >= 15 is 0 Å². The second kappa shape index (κ2) is 7.19. The van der Waals surface area contributed by atoms with Gasteiger partial charge in [-0.15, -0.1) is 6.58 Å². The SMILES string of the molecule is C=CCOCCOc1cccc(CNC2CC2)c1. The van der Waals surface area contributed by atoms with Gasteiger partial charge in [-0.05, 0) is 30.5 Å². The number of ether oxygens (including phenoxy) is 2. The molecule has 0 aromatic heterocycles. The zero-order valence-corrected chi connectivity index (χ0v) is 10.7. The molecule has 18 heavy (non-hydrogen) atoms. The summed E-state index contributed by atoms with van der Waals surface area (Å²) in [7, 11) is 0. The molecule has 0 radical (unpaired) electrons. The maximum absolute atomic E-state index is 5.63. The molecule has 0 bridgehead atoms. The van der Waals surface area contributed by atoms with E-state index in [4.69, 9.17) is 9.47 Å². The van der Waals surface area contributed by atoms with Crippen molar-refractivity contribution in [2.24, 2.45) is 0 Å². The highest BCUT2D eigenvalue weighted by atomic mass is 16.5. The van der Waals surface area contributed by atoms with Crippen molar-refractivity contribution < 1.29 is 9.47 Å². The maximum Gasteiger partial charge on any atom is 0.119 e. The summed E-state index contributed by atoms with van der Waals surface area (Å²) in [6.45, 7) is 6.27. The fraction of sp³-hybridized carbons (Fsp3) is 0.467. The number of rotatable bonds is 9. The summed E-state index contributed by atoms with van der Waals surface area (Å²) in [5.41, 5.74) is 1.27. The highest BCUT2D eigenvalue weighted by molar-refractivity contribution is 5.28. The number of benzene rings is 1. The van der Waals surface area contributed by atoms with Crippen LogP contribution in [0.3, 0.4) is 0 Å². The summed E-state index contributed by atoms with van der Waals surface area (Å²) in [6.07, 6.45) is 4.37. The Bertz CT molecular complexity index is 375. The van der Waals surface area contributed by atoms with Crippen molar-refractivity contribution in [3.8, 4) is 5.75 Å². The Hall–Kier alpha value is -1.32. The molecule has 1 aliphatic carbocycles. The Morgan fingerprint density at radius 1 is 1.33 bits per heavy atom. The van der Waals surface area contributed by atoms with E-state index < -0.39 is 0 Å². The molecule has 98 valence electrons. The lowest BCUT2D eigenvalue weighted by Gasteiger charge is -2.08. The van der Waals surface area contributed by atoms with Crippen molar-refractivity contribution in [3.63, 3.8) is 0 Å². The van der Waals surface area contributed by atoms with Crippen molar-refractivity contribution in [1.82, 2.24) is 5.32 Å². The van der Waals surface area contributed by atoms with Crippen LogP contribution in [0.5, 0.6) is 5.75 Å². The highest BCUT2D eigenvalue weighted by Gasteiger charge is 2.19. The van der Waals surface area contributed by atoms with Gasteiger partial charge in [0, 0.05) is 12.6 Å². The van der Waals surface area contributed by atoms with E-state index in [1.165, 1.54) is 18.4 Å². The third-order valence-corrected chi connectivity index (χ3v) is 2.80. The minimum absolute atomic E-state index is 0.577. The zero-order chi connectivity index (χ0) is 12.6. The van der Waals surface area contributed by atoms with Gasteiger partial charge >= 0.3 is 0 Å². The van der Waals surface area contributed by atoms with Gasteiger partial charge in [0.2, 0.25) is 0 Å². The van der Waals surface area contributed by atoms with Crippen molar-refractivity contribution in [3.05, 3.63) is 42.5 Å². The topological polar surface area (TPSA) is 30.5 Å². The fourth-order valence-electron chi connectivity index (χ4n) is 1.68. The molecule has 3 nitrogen and oxygen atoms in total. The monoisotopic (exact) mass is 247 g/mol. The van der Waals surface area contributed by atoms with Gasteiger partial charge in [-0.2, -0.15) is 0 Å². The standard InChI is InChI=1S/C15H21NO2/c1-2-8-17-9-10-18-15-5-3-4-13(11-15)12-16-14-6-7-14/h2-5,11,14,16H,1,6-10,12H2. The molecule has 0 heterocycles. The molecule has 1 aliphatic rings. The van der Waals surface area contributed by atoms with Crippen molar-refractivity contribution >= 4 is 0 Å². The van der Waals surface area contributed by atoms with Gasteiger partial charge in [-0.3, -0.25) is 0 Å². The lowest BCUT2D eigenvalue weighted by Crippen LogP contribution is -2.15. The van der Waals surface area contributed by atoms with E-state index in [1.807, 2.05) is 12.1 Å². The minimum atomic E-state index is 0.577. The van der Waals surface area contributed by atoms with E-state index in [9.17, 15) is 0 Å². The lowest BCUT2D eigenvalue weighted by molar-refractivity contribution is 0.121. The smallest absolute Gasteiger partial charge is 0.119 e. The molecule has 1 aromatic rings. The third-order valence-electron chi connectivity index (χ3n) is 2.80. The van der Waals surface area contributed by atoms with Crippen molar-refractivity contribution in [1.29, 1.82) is 0 Å². The van der Waals surface area contributed by atoms with E-state index in [2.05, 4.69) is 24.0 Å². The molecule has 1 aromatic carbocycles. The van der Waals surface area contributed by atoms with Crippen LogP contribution in [0.2, 0.25) is 0 Å². The van der Waals surface area contributed by atoms with Gasteiger partial charge < -0.3 is 14.8 Å². The summed E-state index contributed by atoms with van der Waals surface area (Å²) in [5.74, 6) is 0.910. The van der Waals surface area contributed by atoms with E-state index in [1.54, 1.807) is 6.08 Å². The molecule has 0 amide bonds. The summed E-state index contributed by atoms with van der Waals surface area (Å²) in [6, 6.07) is 8.96. The third kappa shape index (κ3) is 4.90. The van der Waals surface area contributed by atoms with Crippen LogP contribution in [0.25, 0.3) is 0 Å². The summed E-state index contributed by atoms with van der Waals surface area (Å²) >= 11 is 0. The second-order valence-corrected chi connectivity index (χ2v) is 4.51. The molecular formula is C15H21NO2. The lowest BCUT2D eigenvalue weighted by atomic mass is 10.2. The first-order chi connectivity index (χ1) is 8.88. The van der Waals surface area contributed by atoms with Crippen molar-refractivity contribution in [2.75, 3.05) is 19.8 Å². The molecule has 2 rings (SSSR count). The van der Waals surface area contributed by atoms with Crippen molar-refractivity contribution in [2.45, 2.75) is 25.4 Å². The van der Waals surface area contributed by atoms with Crippen LogP contribution in [-0.4, -0.2) is 25.9 Å². The Balaban J connectivity index is 1.70. The second-order valence-electron chi connectivity index (χ2n) is 4.51. The Morgan fingerprint density at radius 2 is 2.22 bits per heavy atom. The Labute approximate surface area is 109 Å². The zero-order valence-electron chi connectivity index (χ0n) is 10.7. The van der Waals surface area contributed by atoms with Gasteiger partial charge in [0.15, 0.2) is 0 Å². The minimum Gasteiger partial charge on any atom is -0.491 e. The summed E-state index contributed by atoms with van der Waals surface area (Å²) in [4.78, 5) is 0. The molecule has 0 unspecified atom stereocenters. The predicted octanol–water partition coefficient (Wildman–Crippen LogP) is 2.52. The first-order valence-electron chi connectivity index (χ1n) is 6.52. The molecule has 0 aliphatic heterocycles. The van der Waals surface area contributed by atoms with E-state index in [0.29, 0.717) is 19.8 Å². The molecule has 3 heteroatoms. The fourth-order valence-corrected chi connectivity index (χ4v) is 1.68. The predicted molar refractivity (Wildman–Crippen MR) is 72.8 cm³/mol. The van der Waals surface area contributed by atoms with Crippen LogP contribution in [0.4, 0.5) is 0 Å². The van der Waals surface area contributed by atoms with Gasteiger partial charge in [-0.25, -0.2) is 0 Å². The molecule has 1 saturated carbocycles. The van der Waals surface area contributed by atoms with Gasteiger partial charge in [0.25, 0.3) is 0 Å². The number of hydrogen-bond donors (Lipinski definition) is 1. The molecule has 0 spiro atoms. The molecular weight excluding hydrogens is 226 g/mol. The van der Waals surface area contributed by atoms with Crippen LogP contribution in [0.15, 0.2) is 36.9 Å². The average molecular weight is 247 g/mol. The molecule has 0 atom stereocenters. The van der Waals surface area contributed by atoms with Gasteiger partial charge in [0.05, 0.1) is 13.2 Å². The highest BCUT2D eigenvalue weighted by Crippen LogP contribution is 2.20. The van der Waals surface area contributed by atoms with Crippen LogP contribution in [0, 0.1) is 0 Å². The van der Waals surface area contributed by atoms with Crippen LogP contribution in [-0.2, 0) is 11.3 Å². The van der Waals surface area contributed by atoms with E-state index in [-0.39, 0.29) is 0 Å². The largest absolute Gasteiger partial charge is 0.491 e. The van der Waals surface area contributed by atoms with Crippen LogP contribution >= 0.6 is 0 Å². The maximum atomic E-state index is 5.63. The quantitative estimate of drug-likeness (QED) is 0.537. The van der Waals surface area contributed by atoms with E-state index in [0.717, 1.165) is 18.3 Å². The molecule has 1 fully saturated rings. The number of nitrogens with one attached hydrogen (secondary N) is 1. The molecule has 1 N–H and O–H groups in total. The normalized spacial score (nSPS) is 14.4. The Kier molecular flexibility index (Phi) is 5.24. The van der Waals surface area contributed by atoms with Crippen LogP contribution < -0.4 is 10.1 Å². The summed E-state index contributed by atoms with van der Waals surface area (Å²) in [5, 5.41) is 3.49. The average Bonchev–Trinajstić information content (AvgIpc) is 3.21. The molecule has 0 saturated heterocycles. The first-order valence-corrected chi connectivity index (χ1v) is 6.52. The van der Waals surface area contributed by atoms with Crippen LogP contribution in [0.1, 0.15) is 18.4 Å².